The van der Waals surface area contributed by atoms with Crippen molar-refractivity contribution in [2.45, 2.75) is 109 Å². The molecule has 3 aliphatic rings. The van der Waals surface area contributed by atoms with E-state index < -0.39 is 0 Å². The minimum atomic E-state index is 0.0841. The summed E-state index contributed by atoms with van der Waals surface area (Å²) in [6, 6.07) is 0.940. The van der Waals surface area contributed by atoms with Crippen molar-refractivity contribution in [1.29, 1.82) is 0 Å². The number of amides is 2. The van der Waals surface area contributed by atoms with Crippen molar-refractivity contribution in [2.75, 3.05) is 18.5 Å². The van der Waals surface area contributed by atoms with Crippen molar-refractivity contribution in [3.8, 4) is 0 Å². The zero-order valence-corrected chi connectivity index (χ0v) is 19.0. The number of ether oxygens (including phenoxy) is 1. The molecule has 2 aliphatic carbocycles. The van der Waals surface area contributed by atoms with Crippen LogP contribution in [-0.4, -0.2) is 41.2 Å². The Hall–Kier alpha value is -1.14. The third-order valence-corrected chi connectivity index (χ3v) is 7.18. The normalized spacial score (nSPS) is 21.1. The number of thiazole rings is 1. The molecule has 1 N–H and O–H groups in total. The molecule has 2 amide bonds. The van der Waals surface area contributed by atoms with Crippen LogP contribution in [0.3, 0.4) is 0 Å². The highest BCUT2D eigenvalue weighted by atomic mass is 32.1. The molecule has 4 rings (SSSR count). The molecule has 2 heterocycles. The maximum absolute atomic E-state index is 13.0. The molecule has 1 aromatic rings. The lowest BCUT2D eigenvalue weighted by molar-refractivity contribution is 0.0968. The molecule has 0 unspecified atom stereocenters. The number of hydrogen-bond acceptors (Lipinski definition) is 4. The van der Waals surface area contributed by atoms with Crippen LogP contribution in [-0.2, 0) is 11.2 Å². The molecule has 3 fully saturated rings. The SMILES string of the molecule is C1CCOCC1.CCc1csc(NC(=O)N(C2CCCCC2)C2CCCCC2)n1. The standard InChI is InChI=1S/C18H29N3OS.C5H10O/c1-2-14-13-23-17(19-14)20-18(22)21(15-9-5-3-6-10-15)16-11-7-4-8-12-16;1-2-4-6-5-3-1/h13,15-16H,2-12H2,1H3,(H,19,20,22);1-5H2. The van der Waals surface area contributed by atoms with E-state index >= 15 is 0 Å². The fraction of sp³-hybridized carbons (Fsp3) is 0.826. The fourth-order valence-corrected chi connectivity index (χ4v) is 5.50. The van der Waals surface area contributed by atoms with Crippen molar-refractivity contribution in [3.63, 3.8) is 0 Å². The number of aromatic nitrogens is 1. The minimum absolute atomic E-state index is 0.0841. The van der Waals surface area contributed by atoms with E-state index in [2.05, 4.69) is 22.1 Å². The van der Waals surface area contributed by atoms with Gasteiger partial charge in [0.25, 0.3) is 0 Å². The molecule has 6 heteroatoms. The van der Waals surface area contributed by atoms with E-state index in [0.29, 0.717) is 12.1 Å². The Balaban J connectivity index is 0.000000343. The summed E-state index contributed by atoms with van der Waals surface area (Å²) in [5.41, 5.74) is 1.06. The summed E-state index contributed by atoms with van der Waals surface area (Å²) in [6.07, 6.45) is 17.2. The van der Waals surface area contributed by atoms with Gasteiger partial charge < -0.3 is 9.64 Å². The van der Waals surface area contributed by atoms with E-state index in [1.165, 1.54) is 83.5 Å². The van der Waals surface area contributed by atoms with Gasteiger partial charge in [-0.15, -0.1) is 11.3 Å². The summed E-state index contributed by atoms with van der Waals surface area (Å²) < 4.78 is 5.07. The second-order valence-electron chi connectivity index (χ2n) is 8.59. The second kappa shape index (κ2) is 12.5. The predicted molar refractivity (Wildman–Crippen MR) is 121 cm³/mol. The Morgan fingerprint density at radius 1 is 1.00 bits per heavy atom. The molecule has 0 atom stereocenters. The van der Waals surface area contributed by atoms with Crippen LogP contribution in [0.5, 0.6) is 0 Å². The quantitative estimate of drug-likeness (QED) is 0.612. The van der Waals surface area contributed by atoms with E-state index in [1.807, 2.05) is 5.38 Å². The van der Waals surface area contributed by atoms with Crippen LogP contribution < -0.4 is 5.32 Å². The molecule has 0 radical (unpaired) electrons. The minimum Gasteiger partial charge on any atom is -0.381 e. The van der Waals surface area contributed by atoms with Crippen LogP contribution in [0.2, 0.25) is 0 Å². The van der Waals surface area contributed by atoms with Crippen LogP contribution in [0.4, 0.5) is 9.93 Å². The first-order valence-electron chi connectivity index (χ1n) is 11.9. The van der Waals surface area contributed by atoms with E-state index in [4.69, 9.17) is 4.74 Å². The molecule has 2 saturated carbocycles. The molecule has 0 spiro atoms. The molecule has 1 aliphatic heterocycles. The molecule has 29 heavy (non-hydrogen) atoms. The average molecular weight is 422 g/mol. The number of hydrogen-bond donors (Lipinski definition) is 1. The fourth-order valence-electron chi connectivity index (χ4n) is 4.72. The molecule has 0 bridgehead atoms. The average Bonchev–Trinajstić information content (AvgIpc) is 3.24. The van der Waals surface area contributed by atoms with Crippen molar-refractivity contribution in [2.24, 2.45) is 0 Å². The lowest BCUT2D eigenvalue weighted by Crippen LogP contribution is -2.50. The van der Waals surface area contributed by atoms with Crippen LogP contribution >= 0.6 is 11.3 Å². The molecule has 0 aromatic carbocycles. The van der Waals surface area contributed by atoms with Crippen LogP contribution in [0.1, 0.15) is 96.1 Å². The number of aryl methyl sites for hydroxylation is 1. The predicted octanol–water partition coefficient (Wildman–Crippen LogP) is 6.39. The van der Waals surface area contributed by atoms with Crippen molar-refractivity contribution < 1.29 is 9.53 Å². The number of rotatable bonds is 4. The summed E-state index contributed by atoms with van der Waals surface area (Å²) in [7, 11) is 0. The Bertz CT molecular complexity index is 561. The van der Waals surface area contributed by atoms with E-state index in [0.717, 1.165) is 30.5 Å². The maximum Gasteiger partial charge on any atom is 0.324 e. The van der Waals surface area contributed by atoms with Crippen molar-refractivity contribution >= 4 is 22.5 Å². The summed E-state index contributed by atoms with van der Waals surface area (Å²) >= 11 is 1.54. The van der Waals surface area contributed by atoms with Gasteiger partial charge >= 0.3 is 6.03 Å². The second-order valence-corrected chi connectivity index (χ2v) is 9.45. The first-order valence-corrected chi connectivity index (χ1v) is 12.8. The Kier molecular flexibility index (Phi) is 9.74. The van der Waals surface area contributed by atoms with Gasteiger partial charge in [-0.2, -0.15) is 0 Å². The Morgan fingerprint density at radius 3 is 1.97 bits per heavy atom. The van der Waals surface area contributed by atoms with Gasteiger partial charge in [0, 0.05) is 30.7 Å². The third kappa shape index (κ3) is 7.25. The van der Waals surface area contributed by atoms with Crippen LogP contribution in [0, 0.1) is 0 Å². The topological polar surface area (TPSA) is 54.5 Å². The summed E-state index contributed by atoms with van der Waals surface area (Å²) in [5.74, 6) is 0. The molecule has 164 valence electrons. The zero-order valence-electron chi connectivity index (χ0n) is 18.2. The molecule has 5 nitrogen and oxygen atoms in total. The number of carbonyl (C=O) groups excluding carboxylic acids is 1. The van der Waals surface area contributed by atoms with Gasteiger partial charge in [0.2, 0.25) is 0 Å². The number of carbonyl (C=O) groups is 1. The monoisotopic (exact) mass is 421 g/mol. The van der Waals surface area contributed by atoms with E-state index in [-0.39, 0.29) is 6.03 Å². The van der Waals surface area contributed by atoms with Gasteiger partial charge in [-0.05, 0) is 51.4 Å². The number of anilines is 1. The lowest BCUT2D eigenvalue weighted by atomic mass is 9.89. The first-order chi connectivity index (χ1) is 14.3. The summed E-state index contributed by atoms with van der Waals surface area (Å²) in [5, 5.41) is 5.88. The van der Waals surface area contributed by atoms with Crippen molar-refractivity contribution in [1.82, 2.24) is 9.88 Å². The van der Waals surface area contributed by atoms with E-state index in [1.54, 1.807) is 11.3 Å². The van der Waals surface area contributed by atoms with Gasteiger partial charge in [-0.3, -0.25) is 5.32 Å². The Morgan fingerprint density at radius 2 is 1.55 bits per heavy atom. The molecule has 1 saturated heterocycles. The summed E-state index contributed by atoms with van der Waals surface area (Å²) in [6.45, 7) is 4.09. The zero-order chi connectivity index (χ0) is 20.3. The maximum atomic E-state index is 13.0. The van der Waals surface area contributed by atoms with Gasteiger partial charge in [-0.25, -0.2) is 9.78 Å². The number of nitrogens with one attached hydrogen (secondary N) is 1. The van der Waals surface area contributed by atoms with Crippen LogP contribution in [0.15, 0.2) is 5.38 Å². The first kappa shape index (κ1) is 22.5. The van der Waals surface area contributed by atoms with Crippen molar-refractivity contribution in [3.05, 3.63) is 11.1 Å². The number of nitrogens with zero attached hydrogens (tertiary/aromatic N) is 2. The molecular weight excluding hydrogens is 382 g/mol. The molecular formula is C23H39N3O2S. The largest absolute Gasteiger partial charge is 0.381 e. The highest BCUT2D eigenvalue weighted by molar-refractivity contribution is 7.13. The Labute approximate surface area is 180 Å². The third-order valence-electron chi connectivity index (χ3n) is 6.38. The van der Waals surface area contributed by atoms with Gasteiger partial charge in [-0.1, -0.05) is 45.4 Å². The van der Waals surface area contributed by atoms with E-state index in [9.17, 15) is 4.79 Å². The number of urea groups is 1. The smallest absolute Gasteiger partial charge is 0.324 e. The van der Waals surface area contributed by atoms with Gasteiger partial charge in [0.15, 0.2) is 5.13 Å². The van der Waals surface area contributed by atoms with Gasteiger partial charge in [0.1, 0.15) is 0 Å². The molecule has 1 aromatic heterocycles. The lowest BCUT2D eigenvalue weighted by Gasteiger charge is -2.41. The highest BCUT2D eigenvalue weighted by Crippen LogP contribution is 2.31. The van der Waals surface area contributed by atoms with Crippen LogP contribution in [0.25, 0.3) is 0 Å². The highest BCUT2D eigenvalue weighted by Gasteiger charge is 2.32. The summed E-state index contributed by atoms with van der Waals surface area (Å²) in [4.78, 5) is 19.7. The van der Waals surface area contributed by atoms with Gasteiger partial charge in [0.05, 0.1) is 5.69 Å².